The molecule has 0 radical (unpaired) electrons. The van der Waals surface area contributed by atoms with E-state index in [1.807, 2.05) is 23.1 Å². The van der Waals surface area contributed by atoms with Gasteiger partial charge in [-0.1, -0.05) is 55.9 Å². The number of carbonyl (C=O) groups excluding carboxylic acids is 1. The number of nitrogens with one attached hydrogen (secondary N) is 1. The predicted octanol–water partition coefficient (Wildman–Crippen LogP) is 8.07. The van der Waals surface area contributed by atoms with Gasteiger partial charge in [0.05, 0.1) is 18.8 Å². The van der Waals surface area contributed by atoms with Crippen molar-refractivity contribution >= 4 is 28.6 Å². The molecule has 2 heterocycles. The number of amidine groups is 1. The first-order valence-corrected chi connectivity index (χ1v) is 15.9. The fraction of sp³-hybridized carbons (Fsp3) is 0.333. The van der Waals surface area contributed by atoms with Crippen molar-refractivity contribution in [2.24, 2.45) is 4.99 Å². The molecule has 1 fully saturated rings. The topological polar surface area (TPSA) is 93.9 Å². The molecular weight excluding hydrogens is 636 g/mol. The van der Waals surface area contributed by atoms with Gasteiger partial charge in [-0.2, -0.15) is 4.99 Å². The van der Waals surface area contributed by atoms with Crippen LogP contribution in [-0.4, -0.2) is 57.8 Å². The second-order valence-electron chi connectivity index (χ2n) is 11.1. The number of carbonyl (C=O) groups is 1. The number of alkyl halides is 4. The van der Waals surface area contributed by atoms with E-state index in [1.165, 1.54) is 47.0 Å². The van der Waals surface area contributed by atoms with E-state index < -0.39 is 24.6 Å². The summed E-state index contributed by atoms with van der Waals surface area (Å²) in [6.45, 7) is 6.48. The van der Waals surface area contributed by atoms with E-state index in [9.17, 15) is 18.0 Å². The Morgan fingerprint density at radius 3 is 2.38 bits per heavy atom. The number of aliphatic imine (C=N–C) groups is 1. The fourth-order valence-electron chi connectivity index (χ4n) is 5.06. The van der Waals surface area contributed by atoms with Crippen LogP contribution in [0.4, 0.5) is 28.0 Å². The molecule has 0 spiro atoms. The molecule has 2 unspecified atom stereocenters. The Bertz CT molecular complexity index is 1710. The monoisotopic (exact) mass is 670 g/mol. The van der Waals surface area contributed by atoms with E-state index in [0.29, 0.717) is 40.1 Å². The lowest BCUT2D eigenvalue weighted by atomic mass is 10.00. The summed E-state index contributed by atoms with van der Waals surface area (Å²) in [5.41, 5.74) is 3.47. The number of hydrogen-bond donors (Lipinski definition) is 1. The number of urea groups is 1. The lowest BCUT2D eigenvalue weighted by molar-refractivity contribution is -0.274. The van der Waals surface area contributed by atoms with Crippen LogP contribution in [0.1, 0.15) is 50.4 Å². The highest BCUT2D eigenvalue weighted by Gasteiger charge is 2.31. The third-order valence-electron chi connectivity index (χ3n) is 7.44. The number of methoxy groups -OCH3 is 1. The number of anilines is 1. The first kappa shape index (κ1) is 33.8. The second kappa shape index (κ2) is 14.4. The number of hydrogen-bond acceptors (Lipinski definition) is 6. The zero-order chi connectivity index (χ0) is 33.7. The minimum absolute atomic E-state index is 0.241. The molecule has 0 saturated carbocycles. The van der Waals surface area contributed by atoms with Gasteiger partial charge < -0.3 is 19.7 Å². The lowest BCUT2D eigenvalue weighted by Gasteiger charge is -2.32. The summed E-state index contributed by atoms with van der Waals surface area (Å²) >= 11 is 1.48. The van der Waals surface area contributed by atoms with E-state index in [0.717, 1.165) is 23.4 Å². The van der Waals surface area contributed by atoms with Crippen molar-refractivity contribution in [3.63, 3.8) is 0 Å². The maximum Gasteiger partial charge on any atom is 0.573 e. The van der Waals surface area contributed by atoms with Crippen LogP contribution in [0.3, 0.4) is 0 Å². The summed E-state index contributed by atoms with van der Waals surface area (Å²) < 4.78 is 63.6. The van der Waals surface area contributed by atoms with Crippen molar-refractivity contribution in [2.45, 2.75) is 51.7 Å². The number of rotatable bonds is 9. The van der Waals surface area contributed by atoms with Gasteiger partial charge in [0.2, 0.25) is 0 Å². The van der Waals surface area contributed by atoms with Crippen molar-refractivity contribution in [2.75, 3.05) is 24.3 Å². The van der Waals surface area contributed by atoms with Crippen molar-refractivity contribution in [3.05, 3.63) is 84.2 Å². The number of amides is 2. The molecule has 248 valence electrons. The van der Waals surface area contributed by atoms with Gasteiger partial charge in [0.1, 0.15) is 24.0 Å². The summed E-state index contributed by atoms with van der Waals surface area (Å²) in [5.74, 6) is 1.75. The van der Waals surface area contributed by atoms with Gasteiger partial charge in [0.15, 0.2) is 11.0 Å². The van der Waals surface area contributed by atoms with Crippen LogP contribution in [0.5, 0.6) is 11.5 Å². The van der Waals surface area contributed by atoms with E-state index in [1.54, 1.807) is 38.3 Å². The second-order valence-corrected chi connectivity index (χ2v) is 12.2. The molecule has 0 aliphatic carbocycles. The molecule has 5 rings (SSSR count). The quantitative estimate of drug-likeness (QED) is 0.180. The number of aromatic nitrogens is 3. The number of halogens is 4. The standard InChI is InChI=1S/C33H34F4N6O3S/c1-20(2)27-15-14-26(45-4)18-28(27)42-16-5-17-47-32(42)40-31(44)39-21(3)29(34)22-6-8-23(9-7-22)30-38-19-43(41-30)24-10-12-25(13-11-24)46-33(35,36)37/h6-15,18-21,29H,5,16-17H2,1-4H3,(H,39,44)/b40-32-. The van der Waals surface area contributed by atoms with Gasteiger partial charge in [-0.25, -0.2) is 18.9 Å². The lowest BCUT2D eigenvalue weighted by Crippen LogP contribution is -2.38. The maximum absolute atomic E-state index is 15.5. The van der Waals surface area contributed by atoms with Crippen LogP contribution in [0.15, 0.2) is 78.0 Å². The number of thioether (sulfide) groups is 1. The third-order valence-corrected chi connectivity index (χ3v) is 8.50. The van der Waals surface area contributed by atoms with E-state index in [-0.39, 0.29) is 11.7 Å². The smallest absolute Gasteiger partial charge is 0.497 e. The van der Waals surface area contributed by atoms with Crippen molar-refractivity contribution in [1.29, 1.82) is 0 Å². The van der Waals surface area contributed by atoms with Gasteiger partial charge in [0, 0.05) is 29.6 Å². The average molecular weight is 671 g/mol. The zero-order valence-electron chi connectivity index (χ0n) is 26.2. The van der Waals surface area contributed by atoms with Crippen molar-refractivity contribution in [3.8, 4) is 28.6 Å². The SMILES string of the molecule is COc1ccc(C(C)C)c(N2CCCS/C2=N\C(=O)NC(C)C(F)c2ccc(-c3ncn(-c4ccc(OC(F)(F)F)cc4)n3)cc2)c1. The maximum atomic E-state index is 15.5. The van der Waals surface area contributed by atoms with Crippen LogP contribution < -0.4 is 19.7 Å². The summed E-state index contributed by atoms with van der Waals surface area (Å²) in [4.78, 5) is 23.6. The Hall–Kier alpha value is -4.59. The van der Waals surface area contributed by atoms with E-state index >= 15 is 4.39 Å². The van der Waals surface area contributed by atoms with Gasteiger partial charge in [-0.3, -0.25) is 0 Å². The third kappa shape index (κ3) is 8.42. The Labute approximate surface area is 274 Å². The summed E-state index contributed by atoms with van der Waals surface area (Å²) in [6.07, 6.45) is -3.96. The highest BCUT2D eigenvalue weighted by Crippen LogP contribution is 2.35. The summed E-state index contributed by atoms with van der Waals surface area (Å²) in [5, 5.41) is 7.60. The van der Waals surface area contributed by atoms with Crippen molar-refractivity contribution < 1.29 is 31.8 Å². The van der Waals surface area contributed by atoms with Gasteiger partial charge in [-0.05, 0) is 60.7 Å². The van der Waals surface area contributed by atoms with Gasteiger partial charge in [-0.15, -0.1) is 18.3 Å². The van der Waals surface area contributed by atoms with Crippen molar-refractivity contribution in [1.82, 2.24) is 20.1 Å². The number of nitrogens with zero attached hydrogens (tertiary/aromatic N) is 5. The van der Waals surface area contributed by atoms with Crippen LogP contribution in [0, 0.1) is 0 Å². The Morgan fingerprint density at radius 2 is 1.72 bits per heavy atom. The number of benzene rings is 3. The molecule has 1 saturated heterocycles. The molecule has 2 atom stereocenters. The van der Waals surface area contributed by atoms with Crippen LogP contribution in [0.25, 0.3) is 17.1 Å². The van der Waals surface area contributed by atoms with Gasteiger partial charge >= 0.3 is 12.4 Å². The number of ether oxygens (including phenoxy) is 2. The molecular formula is C33H34F4N6O3S. The Balaban J connectivity index is 1.24. The molecule has 1 aliphatic heterocycles. The minimum atomic E-state index is -4.78. The fourth-order valence-corrected chi connectivity index (χ4v) is 6.01. The highest BCUT2D eigenvalue weighted by molar-refractivity contribution is 8.14. The Morgan fingerprint density at radius 1 is 1.02 bits per heavy atom. The van der Waals surface area contributed by atoms with Crippen LogP contribution in [-0.2, 0) is 0 Å². The molecule has 4 aromatic rings. The first-order chi connectivity index (χ1) is 22.4. The average Bonchev–Trinajstić information content (AvgIpc) is 3.54. The summed E-state index contributed by atoms with van der Waals surface area (Å²) in [7, 11) is 1.61. The van der Waals surface area contributed by atoms with E-state index in [2.05, 4.69) is 39.0 Å². The zero-order valence-corrected chi connectivity index (χ0v) is 27.0. The van der Waals surface area contributed by atoms with E-state index in [4.69, 9.17) is 4.74 Å². The molecule has 1 N–H and O–H groups in total. The molecule has 2 amide bonds. The van der Waals surface area contributed by atoms with Gasteiger partial charge in [0.25, 0.3) is 0 Å². The Kier molecular flexibility index (Phi) is 10.4. The molecule has 1 aliphatic rings. The largest absolute Gasteiger partial charge is 0.573 e. The highest BCUT2D eigenvalue weighted by atomic mass is 32.2. The molecule has 9 nitrogen and oxygen atoms in total. The van der Waals surface area contributed by atoms with Crippen LogP contribution in [0.2, 0.25) is 0 Å². The molecule has 14 heteroatoms. The molecule has 0 bridgehead atoms. The predicted molar refractivity (Wildman–Crippen MR) is 174 cm³/mol. The summed E-state index contributed by atoms with van der Waals surface area (Å²) in [6, 6.07) is 16.1. The van der Waals surface area contributed by atoms with Crippen LogP contribution >= 0.6 is 11.8 Å². The molecule has 1 aromatic heterocycles. The normalized spacial score (nSPS) is 15.9. The molecule has 47 heavy (non-hydrogen) atoms. The molecule has 3 aromatic carbocycles. The minimum Gasteiger partial charge on any atom is -0.497 e. The first-order valence-electron chi connectivity index (χ1n) is 14.9.